The molecule has 0 aromatic heterocycles. The number of hydrogen-bond acceptors (Lipinski definition) is 2. The molecule has 2 heteroatoms. The van der Waals surface area contributed by atoms with Gasteiger partial charge in [0.25, 0.3) is 0 Å². The lowest BCUT2D eigenvalue weighted by atomic mass is 10.1. The smallest absolute Gasteiger partial charge is 0.119 e. The number of benzene rings is 1. The van der Waals surface area contributed by atoms with Gasteiger partial charge in [-0.15, -0.1) is 0 Å². The van der Waals surface area contributed by atoms with Crippen LogP contribution in [-0.2, 0) is 6.42 Å². The molecule has 0 saturated carbocycles. The first-order valence-corrected chi connectivity index (χ1v) is 5.97. The minimum absolute atomic E-state index is 0.225. The third-order valence-electron chi connectivity index (χ3n) is 2.36. The summed E-state index contributed by atoms with van der Waals surface area (Å²) < 4.78 is 5.60. The van der Waals surface area contributed by atoms with Crippen molar-refractivity contribution in [2.24, 2.45) is 5.92 Å². The van der Waals surface area contributed by atoms with Crippen LogP contribution in [-0.4, -0.2) is 17.8 Å². The Morgan fingerprint density at radius 3 is 2.25 bits per heavy atom. The Balaban J connectivity index is 2.41. The van der Waals surface area contributed by atoms with E-state index < -0.39 is 0 Å². The molecule has 1 unspecified atom stereocenters. The Morgan fingerprint density at radius 1 is 1.12 bits per heavy atom. The minimum atomic E-state index is -0.225. The Hall–Kier alpha value is -1.02. The third-order valence-corrected chi connectivity index (χ3v) is 2.36. The van der Waals surface area contributed by atoms with Gasteiger partial charge >= 0.3 is 0 Å². The summed E-state index contributed by atoms with van der Waals surface area (Å²) in [6, 6.07) is 8.13. The lowest BCUT2D eigenvalue weighted by Gasteiger charge is -2.09. The van der Waals surface area contributed by atoms with E-state index in [1.807, 2.05) is 19.1 Å². The van der Waals surface area contributed by atoms with Gasteiger partial charge < -0.3 is 9.84 Å². The molecule has 16 heavy (non-hydrogen) atoms. The number of aliphatic hydroxyl groups excluding tert-OH is 1. The molecule has 0 bridgehead atoms. The molecule has 0 saturated heterocycles. The summed E-state index contributed by atoms with van der Waals surface area (Å²) in [6.45, 7) is 6.85. The van der Waals surface area contributed by atoms with Crippen LogP contribution in [0.2, 0.25) is 0 Å². The lowest BCUT2D eigenvalue weighted by Crippen LogP contribution is -2.04. The lowest BCUT2D eigenvalue weighted by molar-refractivity contribution is 0.185. The molecule has 0 aliphatic rings. The number of hydrogen-bond donors (Lipinski definition) is 1. The standard InChI is InChI=1S/C14H22O2/c1-11(2)10-16-14-8-6-13(7-9-14)5-4-12(3)15/h6-9,11-12,15H,4-5,10H2,1-3H3. The van der Waals surface area contributed by atoms with Gasteiger partial charge in [0.05, 0.1) is 12.7 Å². The largest absolute Gasteiger partial charge is 0.493 e. The first-order chi connectivity index (χ1) is 7.58. The number of rotatable bonds is 6. The molecule has 0 radical (unpaired) electrons. The van der Waals surface area contributed by atoms with Gasteiger partial charge in [-0.25, -0.2) is 0 Å². The first-order valence-electron chi connectivity index (χ1n) is 5.97. The number of ether oxygens (including phenoxy) is 1. The number of aliphatic hydroxyl groups is 1. The maximum atomic E-state index is 9.19. The van der Waals surface area contributed by atoms with Crippen LogP contribution in [0.25, 0.3) is 0 Å². The van der Waals surface area contributed by atoms with Gasteiger partial charge in [-0.2, -0.15) is 0 Å². The van der Waals surface area contributed by atoms with E-state index in [0.29, 0.717) is 5.92 Å². The second kappa shape index (κ2) is 6.54. The summed E-state index contributed by atoms with van der Waals surface area (Å²) in [7, 11) is 0. The molecule has 1 aromatic carbocycles. The molecule has 0 aliphatic heterocycles. The van der Waals surface area contributed by atoms with Crippen molar-refractivity contribution in [1.29, 1.82) is 0 Å². The summed E-state index contributed by atoms with van der Waals surface area (Å²) in [5.74, 6) is 1.48. The second-order valence-corrected chi connectivity index (χ2v) is 4.74. The van der Waals surface area contributed by atoms with E-state index in [4.69, 9.17) is 4.74 Å². The van der Waals surface area contributed by atoms with Crippen LogP contribution in [0.15, 0.2) is 24.3 Å². The third kappa shape index (κ3) is 5.17. The highest BCUT2D eigenvalue weighted by molar-refractivity contribution is 5.27. The van der Waals surface area contributed by atoms with Crippen LogP contribution in [0.3, 0.4) is 0 Å². The van der Waals surface area contributed by atoms with E-state index in [0.717, 1.165) is 25.2 Å². The summed E-state index contributed by atoms with van der Waals surface area (Å²) in [6.07, 6.45) is 1.51. The Kier molecular flexibility index (Phi) is 5.33. The molecule has 1 N–H and O–H groups in total. The van der Waals surface area contributed by atoms with Crippen LogP contribution < -0.4 is 4.74 Å². The van der Waals surface area contributed by atoms with Crippen LogP contribution in [0, 0.1) is 5.92 Å². The first kappa shape index (κ1) is 13.0. The normalized spacial score (nSPS) is 12.8. The second-order valence-electron chi connectivity index (χ2n) is 4.74. The van der Waals surface area contributed by atoms with Crippen molar-refractivity contribution in [2.75, 3.05) is 6.61 Å². The van der Waals surface area contributed by atoms with Crippen molar-refractivity contribution in [2.45, 2.75) is 39.7 Å². The van der Waals surface area contributed by atoms with Gasteiger partial charge in [-0.1, -0.05) is 26.0 Å². The highest BCUT2D eigenvalue weighted by Gasteiger charge is 2.00. The van der Waals surface area contributed by atoms with E-state index in [1.165, 1.54) is 5.56 Å². The Bertz CT molecular complexity index is 257. The van der Waals surface area contributed by atoms with E-state index in [1.54, 1.807) is 0 Å². The van der Waals surface area contributed by atoms with Crippen LogP contribution in [0.1, 0.15) is 32.8 Å². The predicted molar refractivity (Wildman–Crippen MR) is 66.8 cm³/mol. The maximum absolute atomic E-state index is 9.19. The zero-order valence-electron chi connectivity index (χ0n) is 10.4. The molecule has 90 valence electrons. The van der Waals surface area contributed by atoms with Crippen LogP contribution >= 0.6 is 0 Å². The fraction of sp³-hybridized carbons (Fsp3) is 0.571. The molecule has 2 nitrogen and oxygen atoms in total. The SMILES string of the molecule is CC(C)COc1ccc(CCC(C)O)cc1. The summed E-state index contributed by atoms with van der Waals surface area (Å²) in [5, 5.41) is 9.19. The van der Waals surface area contributed by atoms with E-state index in [-0.39, 0.29) is 6.10 Å². The Morgan fingerprint density at radius 2 is 1.75 bits per heavy atom. The number of aryl methyl sites for hydroxylation is 1. The zero-order valence-corrected chi connectivity index (χ0v) is 10.4. The van der Waals surface area contributed by atoms with Crippen molar-refractivity contribution < 1.29 is 9.84 Å². The van der Waals surface area contributed by atoms with E-state index in [2.05, 4.69) is 26.0 Å². The molecule has 0 spiro atoms. The van der Waals surface area contributed by atoms with Gasteiger partial charge in [0.15, 0.2) is 0 Å². The van der Waals surface area contributed by atoms with Gasteiger partial charge in [-0.05, 0) is 43.4 Å². The van der Waals surface area contributed by atoms with Gasteiger partial charge in [0.2, 0.25) is 0 Å². The van der Waals surface area contributed by atoms with Crippen LogP contribution in [0.4, 0.5) is 0 Å². The molecule has 0 heterocycles. The molecule has 0 aliphatic carbocycles. The summed E-state index contributed by atoms with van der Waals surface area (Å²) in [5.41, 5.74) is 1.25. The van der Waals surface area contributed by atoms with Gasteiger partial charge in [0, 0.05) is 0 Å². The van der Waals surface area contributed by atoms with E-state index in [9.17, 15) is 5.11 Å². The molecule has 1 atom stereocenters. The summed E-state index contributed by atoms with van der Waals surface area (Å²) >= 11 is 0. The predicted octanol–water partition coefficient (Wildman–Crippen LogP) is 3.03. The van der Waals surface area contributed by atoms with Crippen molar-refractivity contribution >= 4 is 0 Å². The fourth-order valence-electron chi connectivity index (χ4n) is 1.39. The van der Waals surface area contributed by atoms with Crippen molar-refractivity contribution in [3.05, 3.63) is 29.8 Å². The zero-order chi connectivity index (χ0) is 12.0. The average molecular weight is 222 g/mol. The van der Waals surface area contributed by atoms with E-state index >= 15 is 0 Å². The van der Waals surface area contributed by atoms with Gasteiger partial charge in [0.1, 0.15) is 5.75 Å². The molecular weight excluding hydrogens is 200 g/mol. The van der Waals surface area contributed by atoms with Crippen molar-refractivity contribution in [3.63, 3.8) is 0 Å². The maximum Gasteiger partial charge on any atom is 0.119 e. The molecule has 0 amide bonds. The highest BCUT2D eigenvalue weighted by Crippen LogP contribution is 2.14. The quantitative estimate of drug-likeness (QED) is 0.801. The van der Waals surface area contributed by atoms with Crippen molar-refractivity contribution in [3.8, 4) is 5.75 Å². The monoisotopic (exact) mass is 222 g/mol. The average Bonchev–Trinajstić information content (AvgIpc) is 2.25. The topological polar surface area (TPSA) is 29.5 Å². The molecular formula is C14H22O2. The molecule has 1 rings (SSSR count). The van der Waals surface area contributed by atoms with Crippen LogP contribution in [0.5, 0.6) is 5.75 Å². The highest BCUT2D eigenvalue weighted by atomic mass is 16.5. The fourth-order valence-corrected chi connectivity index (χ4v) is 1.39. The van der Waals surface area contributed by atoms with Crippen molar-refractivity contribution in [1.82, 2.24) is 0 Å². The minimum Gasteiger partial charge on any atom is -0.493 e. The summed E-state index contributed by atoms with van der Waals surface area (Å²) in [4.78, 5) is 0. The van der Waals surface area contributed by atoms with Gasteiger partial charge in [-0.3, -0.25) is 0 Å². The molecule has 0 fully saturated rings. The molecule has 1 aromatic rings. The Labute approximate surface area is 98.3 Å².